The van der Waals surface area contributed by atoms with E-state index in [0.29, 0.717) is 12.1 Å². The van der Waals surface area contributed by atoms with E-state index in [9.17, 15) is 13.2 Å². The van der Waals surface area contributed by atoms with E-state index >= 15 is 0 Å². The molecule has 0 unspecified atom stereocenters. The molecule has 0 heterocycles. The minimum absolute atomic E-state index is 0.197. The van der Waals surface area contributed by atoms with Crippen LogP contribution in [-0.4, -0.2) is 26.6 Å². The minimum Gasteiger partial charge on any atom is -0.348 e. The molecule has 1 N–H and O–H groups in total. The summed E-state index contributed by atoms with van der Waals surface area (Å²) in [5.41, 5.74) is 5.28. The number of hydrogen-bond donors (Lipinski definition) is 1. The molecule has 2 aromatic rings. The van der Waals surface area contributed by atoms with E-state index in [-0.39, 0.29) is 11.9 Å². The largest absolute Gasteiger partial charge is 0.348 e. The number of nitrogens with one attached hydrogen (secondary N) is 1. The van der Waals surface area contributed by atoms with Gasteiger partial charge in [0, 0.05) is 0 Å². The molecule has 30 heavy (non-hydrogen) atoms. The van der Waals surface area contributed by atoms with Crippen LogP contribution in [0, 0.1) is 6.92 Å². The zero-order chi connectivity index (χ0) is 21.9. The zero-order valence-electron chi connectivity index (χ0n) is 18.3. The van der Waals surface area contributed by atoms with Crippen molar-refractivity contribution in [1.82, 2.24) is 5.32 Å². The van der Waals surface area contributed by atoms with E-state index in [1.807, 2.05) is 32.9 Å². The fraction of sp³-hybridized carbons (Fsp3) is 0.458. The summed E-state index contributed by atoms with van der Waals surface area (Å²) in [6, 6.07) is 12.7. The smallest absolute Gasteiger partial charge is 0.244 e. The first-order valence-electron chi connectivity index (χ1n) is 10.7. The van der Waals surface area contributed by atoms with Crippen molar-refractivity contribution in [3.05, 3.63) is 64.7 Å². The number of rotatable bonds is 7. The molecule has 1 aliphatic rings. The predicted molar refractivity (Wildman–Crippen MR) is 122 cm³/mol. The number of nitrogens with zero attached hydrogens (tertiary/aromatic N) is 1. The molecule has 0 spiro atoms. The van der Waals surface area contributed by atoms with Crippen molar-refractivity contribution in [2.24, 2.45) is 0 Å². The van der Waals surface area contributed by atoms with Crippen LogP contribution in [0.5, 0.6) is 0 Å². The lowest BCUT2D eigenvalue weighted by Crippen LogP contribution is -2.49. The van der Waals surface area contributed by atoms with Gasteiger partial charge in [0.2, 0.25) is 15.9 Å². The summed E-state index contributed by atoms with van der Waals surface area (Å²) in [6.45, 7) is 5.69. The number of hydrogen-bond acceptors (Lipinski definition) is 3. The average molecular weight is 429 g/mol. The van der Waals surface area contributed by atoms with E-state index in [0.717, 1.165) is 30.2 Å². The monoisotopic (exact) mass is 428 g/mol. The van der Waals surface area contributed by atoms with Gasteiger partial charge in [-0.2, -0.15) is 0 Å². The lowest BCUT2D eigenvalue weighted by Gasteiger charge is -2.31. The summed E-state index contributed by atoms with van der Waals surface area (Å²) in [7, 11) is -3.63. The van der Waals surface area contributed by atoms with E-state index in [1.54, 1.807) is 12.1 Å². The van der Waals surface area contributed by atoms with Gasteiger partial charge < -0.3 is 5.32 Å². The van der Waals surface area contributed by atoms with Crippen molar-refractivity contribution in [3.8, 4) is 0 Å². The van der Waals surface area contributed by atoms with E-state index < -0.39 is 16.1 Å². The molecule has 0 saturated heterocycles. The SMILES string of the molecule is CC[C@@H](C(=O)N[C@@H](C)c1ccc2c(c1)CCCC2)N(c1cccc(C)c1)S(C)(=O)=O. The first-order valence-corrected chi connectivity index (χ1v) is 12.5. The van der Waals surface area contributed by atoms with E-state index in [1.165, 1.54) is 28.3 Å². The van der Waals surface area contributed by atoms with Crippen LogP contribution in [0.25, 0.3) is 0 Å². The molecule has 0 aliphatic heterocycles. The number of amides is 1. The van der Waals surface area contributed by atoms with Gasteiger partial charge in [0.15, 0.2) is 0 Å². The zero-order valence-corrected chi connectivity index (χ0v) is 19.1. The van der Waals surface area contributed by atoms with Crippen LogP contribution in [-0.2, 0) is 27.7 Å². The number of carbonyl (C=O) groups is 1. The summed E-state index contributed by atoms with van der Waals surface area (Å²) >= 11 is 0. The second-order valence-electron chi connectivity index (χ2n) is 8.29. The number of carbonyl (C=O) groups excluding carboxylic acids is 1. The van der Waals surface area contributed by atoms with Crippen LogP contribution in [0.3, 0.4) is 0 Å². The van der Waals surface area contributed by atoms with Gasteiger partial charge in [-0.25, -0.2) is 8.42 Å². The number of aryl methyl sites for hydroxylation is 3. The van der Waals surface area contributed by atoms with Crippen LogP contribution in [0.2, 0.25) is 0 Å². The van der Waals surface area contributed by atoms with Crippen molar-refractivity contribution in [1.29, 1.82) is 0 Å². The third-order valence-electron chi connectivity index (χ3n) is 5.82. The van der Waals surface area contributed by atoms with Gasteiger partial charge in [-0.3, -0.25) is 9.10 Å². The van der Waals surface area contributed by atoms with Crippen LogP contribution in [0.4, 0.5) is 5.69 Å². The van der Waals surface area contributed by atoms with Crippen molar-refractivity contribution < 1.29 is 13.2 Å². The molecule has 2 atom stereocenters. The Hall–Kier alpha value is -2.34. The predicted octanol–water partition coefficient (Wildman–Crippen LogP) is 4.30. The van der Waals surface area contributed by atoms with E-state index in [2.05, 4.69) is 23.5 Å². The molecule has 5 nitrogen and oxygen atoms in total. The maximum absolute atomic E-state index is 13.2. The fourth-order valence-corrected chi connectivity index (χ4v) is 5.44. The molecule has 1 amide bonds. The van der Waals surface area contributed by atoms with Crippen molar-refractivity contribution in [2.45, 2.75) is 65.0 Å². The Balaban J connectivity index is 1.83. The fourth-order valence-electron chi connectivity index (χ4n) is 4.24. The number of fused-ring (bicyclic) bond motifs is 1. The summed E-state index contributed by atoms with van der Waals surface area (Å²) in [4.78, 5) is 13.2. The van der Waals surface area contributed by atoms with Gasteiger partial charge in [0.05, 0.1) is 18.0 Å². The minimum atomic E-state index is -3.63. The lowest BCUT2D eigenvalue weighted by molar-refractivity contribution is -0.122. The second kappa shape index (κ2) is 9.21. The summed E-state index contributed by atoms with van der Waals surface area (Å²) < 4.78 is 26.5. The Morgan fingerprint density at radius 2 is 1.80 bits per heavy atom. The van der Waals surface area contributed by atoms with Crippen molar-refractivity contribution in [3.63, 3.8) is 0 Å². The lowest BCUT2D eigenvalue weighted by atomic mass is 9.89. The summed E-state index contributed by atoms with van der Waals surface area (Å²) in [5, 5.41) is 3.05. The Kier molecular flexibility index (Phi) is 6.86. The number of benzene rings is 2. The first kappa shape index (κ1) is 22.3. The topological polar surface area (TPSA) is 66.5 Å². The highest BCUT2D eigenvalue weighted by molar-refractivity contribution is 7.92. The highest BCUT2D eigenvalue weighted by atomic mass is 32.2. The Morgan fingerprint density at radius 1 is 1.10 bits per heavy atom. The van der Waals surface area contributed by atoms with Gasteiger partial charge in [-0.05, 0) is 80.3 Å². The second-order valence-corrected chi connectivity index (χ2v) is 10.1. The summed E-state index contributed by atoms with van der Waals surface area (Å²) in [5.74, 6) is -0.283. The van der Waals surface area contributed by atoms with Crippen molar-refractivity contribution in [2.75, 3.05) is 10.6 Å². The maximum atomic E-state index is 13.2. The molecule has 1 aliphatic carbocycles. The molecular weight excluding hydrogens is 396 g/mol. The molecule has 0 saturated carbocycles. The Labute approximate surface area is 180 Å². The molecule has 0 fully saturated rings. The average Bonchev–Trinajstić information content (AvgIpc) is 2.70. The van der Waals surface area contributed by atoms with Crippen molar-refractivity contribution >= 4 is 21.6 Å². The molecule has 2 aromatic carbocycles. The molecule has 3 rings (SSSR count). The molecular formula is C24H32N2O3S. The Morgan fingerprint density at radius 3 is 2.43 bits per heavy atom. The van der Waals surface area contributed by atoms with Gasteiger partial charge in [-0.1, -0.05) is 37.3 Å². The van der Waals surface area contributed by atoms with Crippen LogP contribution in [0.15, 0.2) is 42.5 Å². The van der Waals surface area contributed by atoms with Gasteiger partial charge in [0.25, 0.3) is 0 Å². The highest BCUT2D eigenvalue weighted by Gasteiger charge is 2.32. The third-order valence-corrected chi connectivity index (χ3v) is 7.00. The Bertz CT molecular complexity index is 1020. The van der Waals surface area contributed by atoms with E-state index in [4.69, 9.17) is 0 Å². The summed E-state index contributed by atoms with van der Waals surface area (Å²) in [6.07, 6.45) is 6.17. The van der Waals surface area contributed by atoms with Gasteiger partial charge in [0.1, 0.15) is 6.04 Å². The number of anilines is 1. The third kappa shape index (κ3) is 5.04. The maximum Gasteiger partial charge on any atom is 0.244 e. The van der Waals surface area contributed by atoms with Crippen LogP contribution >= 0.6 is 0 Å². The molecule has 0 bridgehead atoms. The molecule has 0 radical (unpaired) electrons. The molecule has 6 heteroatoms. The van der Waals surface area contributed by atoms with Crippen LogP contribution < -0.4 is 9.62 Å². The number of sulfonamides is 1. The highest BCUT2D eigenvalue weighted by Crippen LogP contribution is 2.26. The molecule has 0 aromatic heterocycles. The first-order chi connectivity index (χ1) is 14.2. The molecule has 162 valence electrons. The van der Waals surface area contributed by atoms with Gasteiger partial charge >= 0.3 is 0 Å². The van der Waals surface area contributed by atoms with Gasteiger partial charge in [-0.15, -0.1) is 0 Å². The quantitative estimate of drug-likeness (QED) is 0.715. The van der Waals surface area contributed by atoms with Crippen LogP contribution in [0.1, 0.15) is 61.4 Å². The normalized spacial score (nSPS) is 15.7. The standard InChI is InChI=1S/C24H32N2O3S/c1-5-23(26(30(4,28)29)22-12-8-9-17(2)15-22)24(27)25-18(3)20-14-13-19-10-6-7-11-21(19)16-20/h8-9,12-16,18,23H,5-7,10-11H2,1-4H3,(H,25,27)/t18-,23-/m0/s1.